The van der Waals surface area contributed by atoms with Crippen LogP contribution in [0.25, 0.3) is 22.3 Å². The molecule has 3 aromatic rings. The minimum atomic E-state index is -2.15. The molecule has 0 amide bonds. The van der Waals surface area contributed by atoms with Crippen LogP contribution in [0.2, 0.25) is 0 Å². The van der Waals surface area contributed by atoms with Crippen molar-refractivity contribution in [1.29, 1.82) is 0 Å². The van der Waals surface area contributed by atoms with Gasteiger partial charge in [-0.15, -0.1) is 0 Å². The molecule has 2 aromatic carbocycles. The second-order valence-electron chi connectivity index (χ2n) is 5.99. The highest BCUT2D eigenvalue weighted by molar-refractivity contribution is 7.79. The van der Waals surface area contributed by atoms with Crippen molar-refractivity contribution in [1.82, 2.24) is 0 Å². The molecule has 1 fully saturated rings. The average Bonchev–Trinajstić information content (AvgIpc) is 3.32. The number of hydrogen-bond acceptors (Lipinski definition) is 4. The zero-order valence-corrected chi connectivity index (χ0v) is 13.6. The van der Waals surface area contributed by atoms with Crippen molar-refractivity contribution < 1.29 is 17.6 Å². The van der Waals surface area contributed by atoms with Gasteiger partial charge in [0.15, 0.2) is 0 Å². The van der Waals surface area contributed by atoms with Crippen LogP contribution in [0, 0.1) is 5.82 Å². The fourth-order valence-corrected chi connectivity index (χ4v) is 3.16. The number of benzene rings is 2. The molecule has 124 valence electrons. The minimum absolute atomic E-state index is 0.128. The van der Waals surface area contributed by atoms with Gasteiger partial charge in [-0.1, -0.05) is 0 Å². The highest BCUT2D eigenvalue weighted by atomic mass is 32.2. The summed E-state index contributed by atoms with van der Waals surface area (Å²) < 4.78 is 40.6. The van der Waals surface area contributed by atoms with E-state index in [1.807, 2.05) is 12.1 Å². The molecule has 1 aliphatic carbocycles. The quantitative estimate of drug-likeness (QED) is 0.698. The maximum atomic E-state index is 13.1. The fourth-order valence-electron chi connectivity index (χ4n) is 2.88. The largest absolute Gasteiger partial charge is 0.771 e. The van der Waals surface area contributed by atoms with E-state index in [2.05, 4.69) is 11.4 Å². The molecule has 1 saturated carbocycles. The number of fused-ring (bicyclic) bond motifs is 1. The predicted molar refractivity (Wildman–Crippen MR) is 91.0 cm³/mol. The Morgan fingerprint density at radius 3 is 2.62 bits per heavy atom. The average molecular weight is 344 g/mol. The van der Waals surface area contributed by atoms with Crippen molar-refractivity contribution in [2.75, 3.05) is 11.2 Å². The molecule has 1 unspecified atom stereocenters. The van der Waals surface area contributed by atoms with E-state index >= 15 is 0 Å². The maximum Gasteiger partial charge on any atom is 0.136 e. The molecule has 0 spiro atoms. The van der Waals surface area contributed by atoms with Crippen LogP contribution in [0.5, 0.6) is 0 Å². The SMILES string of the molecule is O=S([O-])CNc1cc2oc(-c3ccc(F)cc3)cc2cc1C1CC1. The first-order chi connectivity index (χ1) is 11.6. The highest BCUT2D eigenvalue weighted by Gasteiger charge is 2.27. The Hall–Kier alpha value is -2.18. The van der Waals surface area contributed by atoms with Crippen LogP contribution in [0.15, 0.2) is 46.9 Å². The molecule has 24 heavy (non-hydrogen) atoms. The van der Waals surface area contributed by atoms with Crippen molar-refractivity contribution in [3.8, 4) is 11.3 Å². The Morgan fingerprint density at radius 1 is 1.21 bits per heavy atom. The van der Waals surface area contributed by atoms with Crippen molar-refractivity contribution >= 4 is 27.7 Å². The van der Waals surface area contributed by atoms with Crippen LogP contribution < -0.4 is 5.32 Å². The molecule has 6 heteroatoms. The summed E-state index contributed by atoms with van der Waals surface area (Å²) in [5, 5.41) is 3.92. The van der Waals surface area contributed by atoms with E-state index in [-0.39, 0.29) is 11.7 Å². The van der Waals surface area contributed by atoms with E-state index in [0.29, 0.717) is 17.3 Å². The van der Waals surface area contributed by atoms with Gasteiger partial charge in [-0.05, 0) is 71.8 Å². The molecule has 1 heterocycles. The van der Waals surface area contributed by atoms with E-state index in [0.717, 1.165) is 35.0 Å². The van der Waals surface area contributed by atoms with Crippen LogP contribution in [0.1, 0.15) is 24.3 Å². The van der Waals surface area contributed by atoms with Gasteiger partial charge in [-0.2, -0.15) is 0 Å². The second-order valence-corrected chi connectivity index (χ2v) is 6.89. The fraction of sp³-hybridized carbons (Fsp3) is 0.222. The molecular formula is C18H15FNO3S-. The molecule has 1 atom stereocenters. The molecule has 0 bridgehead atoms. The Bertz CT molecular complexity index is 916. The number of furan rings is 1. The molecule has 1 aliphatic rings. The van der Waals surface area contributed by atoms with Crippen LogP contribution >= 0.6 is 0 Å². The van der Waals surface area contributed by atoms with Crippen molar-refractivity contribution in [2.24, 2.45) is 0 Å². The molecule has 0 radical (unpaired) electrons. The number of rotatable bonds is 5. The summed E-state index contributed by atoms with van der Waals surface area (Å²) in [6.45, 7) is 0. The summed E-state index contributed by atoms with van der Waals surface area (Å²) in [7, 11) is 0. The standard InChI is InChI=1S/C18H16FNO3S/c19-14-5-3-12(4-6-14)17-8-13-7-15(11-1-2-11)16(9-18(13)23-17)20-10-24(21)22/h3-9,11,20H,1-2,10H2,(H,21,22)/p-1. The predicted octanol–water partition coefficient (Wildman–Crippen LogP) is 4.36. The van der Waals surface area contributed by atoms with Gasteiger partial charge in [0.2, 0.25) is 0 Å². The lowest BCUT2D eigenvalue weighted by Crippen LogP contribution is -2.08. The first-order valence-electron chi connectivity index (χ1n) is 7.73. The van der Waals surface area contributed by atoms with Gasteiger partial charge in [0, 0.05) is 22.7 Å². The van der Waals surface area contributed by atoms with E-state index in [1.165, 1.54) is 12.1 Å². The lowest BCUT2D eigenvalue weighted by atomic mass is 10.1. The van der Waals surface area contributed by atoms with Gasteiger partial charge >= 0.3 is 0 Å². The van der Waals surface area contributed by atoms with Gasteiger partial charge in [0.25, 0.3) is 0 Å². The summed E-state index contributed by atoms with van der Waals surface area (Å²) in [4.78, 5) is 0. The van der Waals surface area contributed by atoms with E-state index < -0.39 is 11.1 Å². The normalized spacial score (nSPS) is 15.6. The van der Waals surface area contributed by atoms with E-state index in [9.17, 15) is 13.2 Å². The van der Waals surface area contributed by atoms with E-state index in [1.54, 1.807) is 12.1 Å². The molecule has 1 aromatic heterocycles. The monoisotopic (exact) mass is 344 g/mol. The Kier molecular flexibility index (Phi) is 3.86. The molecule has 4 rings (SSSR count). The van der Waals surface area contributed by atoms with E-state index in [4.69, 9.17) is 4.42 Å². The van der Waals surface area contributed by atoms with Crippen LogP contribution in [0.4, 0.5) is 10.1 Å². The van der Waals surface area contributed by atoms with Gasteiger partial charge in [0.05, 0.1) is 5.88 Å². The second kappa shape index (κ2) is 6.03. The molecular weight excluding hydrogens is 329 g/mol. The van der Waals surface area contributed by atoms with Crippen molar-refractivity contribution in [2.45, 2.75) is 18.8 Å². The third kappa shape index (κ3) is 3.07. The number of anilines is 1. The van der Waals surface area contributed by atoms with Crippen molar-refractivity contribution in [3.05, 3.63) is 53.8 Å². The van der Waals surface area contributed by atoms with Crippen LogP contribution in [-0.4, -0.2) is 14.6 Å². The number of nitrogens with one attached hydrogen (secondary N) is 1. The maximum absolute atomic E-state index is 13.1. The third-order valence-corrected chi connectivity index (χ3v) is 4.59. The first kappa shape index (κ1) is 15.4. The third-order valence-electron chi connectivity index (χ3n) is 4.21. The summed E-state index contributed by atoms with van der Waals surface area (Å²) in [5.41, 5.74) is 3.40. The number of hydrogen-bond donors (Lipinski definition) is 1. The summed E-state index contributed by atoms with van der Waals surface area (Å²) in [6.07, 6.45) is 2.23. The number of halogens is 1. The Balaban J connectivity index is 1.75. The highest BCUT2D eigenvalue weighted by Crippen LogP contribution is 2.45. The molecule has 1 N–H and O–H groups in total. The Labute approximate surface area is 141 Å². The van der Waals surface area contributed by atoms with Gasteiger partial charge in [0.1, 0.15) is 17.2 Å². The summed E-state index contributed by atoms with van der Waals surface area (Å²) in [6, 6.07) is 12.0. The lowest BCUT2D eigenvalue weighted by molar-refractivity contribution is 0.539. The summed E-state index contributed by atoms with van der Waals surface area (Å²) >= 11 is -2.15. The van der Waals surface area contributed by atoms with Gasteiger partial charge < -0.3 is 14.3 Å². The van der Waals surface area contributed by atoms with Crippen LogP contribution in [0.3, 0.4) is 0 Å². The smallest absolute Gasteiger partial charge is 0.136 e. The topological polar surface area (TPSA) is 65.3 Å². The van der Waals surface area contributed by atoms with Crippen LogP contribution in [-0.2, 0) is 11.1 Å². The molecule has 0 saturated heterocycles. The molecule has 4 nitrogen and oxygen atoms in total. The van der Waals surface area contributed by atoms with Crippen molar-refractivity contribution in [3.63, 3.8) is 0 Å². The van der Waals surface area contributed by atoms with Gasteiger partial charge in [-0.3, -0.25) is 4.21 Å². The molecule has 0 aliphatic heterocycles. The first-order valence-corrected chi connectivity index (χ1v) is 8.98. The zero-order chi connectivity index (χ0) is 16.7. The zero-order valence-electron chi connectivity index (χ0n) is 12.8. The minimum Gasteiger partial charge on any atom is -0.771 e. The summed E-state index contributed by atoms with van der Waals surface area (Å²) in [5.74, 6) is 0.719. The Morgan fingerprint density at radius 2 is 1.96 bits per heavy atom. The van der Waals surface area contributed by atoms with Gasteiger partial charge in [-0.25, -0.2) is 4.39 Å². The lowest BCUT2D eigenvalue weighted by Gasteiger charge is -2.13.